The first kappa shape index (κ1) is 18.3. The van der Waals surface area contributed by atoms with Gasteiger partial charge in [0.1, 0.15) is 11.1 Å². The van der Waals surface area contributed by atoms with Crippen LogP contribution in [0.2, 0.25) is 0 Å². The number of benzene rings is 2. The molecule has 1 heterocycles. The molecule has 2 aromatic rings. The van der Waals surface area contributed by atoms with Gasteiger partial charge in [0.25, 0.3) is 0 Å². The fourth-order valence-electron chi connectivity index (χ4n) is 2.86. The Labute approximate surface area is 157 Å². The summed E-state index contributed by atoms with van der Waals surface area (Å²) in [4.78, 5) is 14.6. The molecule has 1 unspecified atom stereocenters. The van der Waals surface area contributed by atoms with Gasteiger partial charge in [0.15, 0.2) is 11.5 Å². The Morgan fingerprint density at radius 2 is 1.88 bits per heavy atom. The summed E-state index contributed by atoms with van der Waals surface area (Å²) < 4.78 is 15.9. The zero-order valence-electron chi connectivity index (χ0n) is 15.0. The van der Waals surface area contributed by atoms with E-state index in [2.05, 4.69) is 5.32 Å². The Bertz CT molecular complexity index is 784. The summed E-state index contributed by atoms with van der Waals surface area (Å²) in [7, 11) is 4.82. The van der Waals surface area contributed by atoms with Crippen LogP contribution in [0.25, 0.3) is 0 Å². The number of hydrogen-bond acceptors (Lipinski definition) is 5. The summed E-state index contributed by atoms with van der Waals surface area (Å²) in [5, 5.41) is 2.88. The summed E-state index contributed by atoms with van der Waals surface area (Å²) in [6, 6.07) is 13.0. The Hall–Kier alpha value is -2.54. The van der Waals surface area contributed by atoms with Crippen molar-refractivity contribution in [2.45, 2.75) is 5.37 Å². The van der Waals surface area contributed by atoms with Gasteiger partial charge in [-0.3, -0.25) is 0 Å². The highest BCUT2D eigenvalue weighted by Gasteiger charge is 2.31. The molecule has 0 saturated carbocycles. The number of amides is 2. The van der Waals surface area contributed by atoms with Crippen molar-refractivity contribution in [3.05, 3.63) is 48.0 Å². The van der Waals surface area contributed by atoms with Gasteiger partial charge in [0, 0.05) is 24.1 Å². The van der Waals surface area contributed by atoms with Gasteiger partial charge in [0.05, 0.1) is 21.3 Å². The molecular formula is C19H22N2O4S. The first-order chi connectivity index (χ1) is 12.7. The molecule has 6 nitrogen and oxygen atoms in total. The quantitative estimate of drug-likeness (QED) is 0.857. The lowest BCUT2D eigenvalue weighted by molar-refractivity contribution is 0.214. The summed E-state index contributed by atoms with van der Waals surface area (Å²) >= 11 is 1.73. The Kier molecular flexibility index (Phi) is 5.78. The second-order valence-corrected chi connectivity index (χ2v) is 6.88. The first-order valence-electron chi connectivity index (χ1n) is 8.21. The Balaban J connectivity index is 1.78. The molecule has 1 atom stereocenters. The number of thioether (sulfide) groups is 1. The molecule has 3 rings (SSSR count). The fourth-order valence-corrected chi connectivity index (χ4v) is 4.10. The number of nitrogens with zero attached hydrogens (tertiary/aromatic N) is 1. The highest BCUT2D eigenvalue weighted by molar-refractivity contribution is 7.99. The number of carbonyl (C=O) groups is 1. The molecule has 0 aliphatic carbocycles. The number of carbonyl (C=O) groups excluding carboxylic acids is 1. The van der Waals surface area contributed by atoms with Crippen LogP contribution in [-0.4, -0.2) is 44.6 Å². The van der Waals surface area contributed by atoms with Gasteiger partial charge in [-0.05, 0) is 29.8 Å². The molecule has 1 fully saturated rings. The molecule has 1 aliphatic heterocycles. The van der Waals surface area contributed by atoms with E-state index in [4.69, 9.17) is 14.2 Å². The van der Waals surface area contributed by atoms with Crippen molar-refractivity contribution in [1.82, 2.24) is 4.90 Å². The Morgan fingerprint density at radius 1 is 1.08 bits per heavy atom. The SMILES string of the molecule is COc1cccc(NC(=O)N2CCSC2c2ccc(OC)c(OC)c2)c1. The van der Waals surface area contributed by atoms with Gasteiger partial charge in [-0.15, -0.1) is 11.8 Å². The van der Waals surface area contributed by atoms with Gasteiger partial charge in [-0.2, -0.15) is 0 Å². The molecule has 0 aromatic heterocycles. The van der Waals surface area contributed by atoms with Gasteiger partial charge in [-0.1, -0.05) is 12.1 Å². The van der Waals surface area contributed by atoms with E-state index in [1.807, 2.05) is 41.3 Å². The molecule has 2 amide bonds. The second kappa shape index (κ2) is 8.23. The van der Waals surface area contributed by atoms with Crippen molar-refractivity contribution in [3.8, 4) is 17.2 Å². The largest absolute Gasteiger partial charge is 0.497 e. The van der Waals surface area contributed by atoms with Crippen LogP contribution in [0.4, 0.5) is 10.5 Å². The van der Waals surface area contributed by atoms with Gasteiger partial charge < -0.3 is 24.4 Å². The molecule has 138 valence electrons. The molecule has 7 heteroatoms. The highest BCUT2D eigenvalue weighted by atomic mass is 32.2. The first-order valence-corrected chi connectivity index (χ1v) is 9.26. The van der Waals surface area contributed by atoms with E-state index in [-0.39, 0.29) is 11.4 Å². The van der Waals surface area contributed by atoms with Crippen molar-refractivity contribution in [3.63, 3.8) is 0 Å². The van der Waals surface area contributed by atoms with Crippen molar-refractivity contribution < 1.29 is 19.0 Å². The third-order valence-electron chi connectivity index (χ3n) is 4.17. The monoisotopic (exact) mass is 374 g/mol. The summed E-state index contributed by atoms with van der Waals surface area (Å²) in [6.45, 7) is 0.680. The normalized spacial score (nSPS) is 16.3. The van der Waals surface area contributed by atoms with E-state index in [1.165, 1.54) is 0 Å². The number of ether oxygens (including phenoxy) is 3. The average molecular weight is 374 g/mol. The molecule has 26 heavy (non-hydrogen) atoms. The van der Waals surface area contributed by atoms with E-state index in [1.54, 1.807) is 39.2 Å². The van der Waals surface area contributed by atoms with E-state index in [0.29, 0.717) is 29.5 Å². The highest BCUT2D eigenvalue weighted by Crippen LogP contribution is 2.41. The maximum absolute atomic E-state index is 12.8. The number of nitrogens with one attached hydrogen (secondary N) is 1. The minimum absolute atomic E-state index is 0.0691. The minimum atomic E-state index is -0.136. The van der Waals surface area contributed by atoms with Crippen molar-refractivity contribution in [2.24, 2.45) is 0 Å². The van der Waals surface area contributed by atoms with Crippen LogP contribution in [0, 0.1) is 0 Å². The van der Waals surface area contributed by atoms with Crippen LogP contribution in [-0.2, 0) is 0 Å². The van der Waals surface area contributed by atoms with E-state index < -0.39 is 0 Å². The number of rotatable bonds is 5. The molecule has 2 aromatic carbocycles. The van der Waals surface area contributed by atoms with Crippen LogP contribution in [0.15, 0.2) is 42.5 Å². The van der Waals surface area contributed by atoms with E-state index in [0.717, 1.165) is 11.3 Å². The van der Waals surface area contributed by atoms with Crippen molar-refractivity contribution in [2.75, 3.05) is 38.9 Å². The van der Waals surface area contributed by atoms with Gasteiger partial charge in [-0.25, -0.2) is 4.79 Å². The lowest BCUT2D eigenvalue weighted by Gasteiger charge is -2.25. The predicted octanol–water partition coefficient (Wildman–Crippen LogP) is 3.99. The standard InChI is InChI=1S/C19H22N2O4S/c1-23-15-6-4-5-14(12-15)20-19(22)21-9-10-26-18(21)13-7-8-16(24-2)17(11-13)25-3/h4-8,11-12,18H,9-10H2,1-3H3,(H,20,22). The fraction of sp³-hybridized carbons (Fsp3) is 0.316. The number of hydrogen-bond donors (Lipinski definition) is 1. The number of methoxy groups -OCH3 is 3. The third kappa shape index (κ3) is 3.83. The molecule has 0 bridgehead atoms. The Morgan fingerprint density at radius 3 is 2.62 bits per heavy atom. The van der Waals surface area contributed by atoms with Crippen LogP contribution >= 0.6 is 11.8 Å². The predicted molar refractivity (Wildman–Crippen MR) is 103 cm³/mol. The van der Waals surface area contributed by atoms with Gasteiger partial charge >= 0.3 is 6.03 Å². The third-order valence-corrected chi connectivity index (χ3v) is 5.43. The van der Waals surface area contributed by atoms with Gasteiger partial charge in [0.2, 0.25) is 0 Å². The van der Waals surface area contributed by atoms with Crippen LogP contribution < -0.4 is 19.5 Å². The molecule has 1 saturated heterocycles. The van der Waals surface area contributed by atoms with Crippen molar-refractivity contribution >= 4 is 23.5 Å². The molecule has 0 spiro atoms. The zero-order chi connectivity index (χ0) is 18.5. The molecule has 1 aliphatic rings. The lowest BCUT2D eigenvalue weighted by Crippen LogP contribution is -2.34. The van der Waals surface area contributed by atoms with Crippen LogP contribution in [0.3, 0.4) is 0 Å². The molecular weight excluding hydrogens is 352 g/mol. The number of urea groups is 1. The second-order valence-electron chi connectivity index (χ2n) is 5.69. The van der Waals surface area contributed by atoms with Crippen LogP contribution in [0.5, 0.6) is 17.2 Å². The maximum atomic E-state index is 12.8. The van der Waals surface area contributed by atoms with E-state index >= 15 is 0 Å². The topological polar surface area (TPSA) is 60.0 Å². The summed E-state index contributed by atoms with van der Waals surface area (Å²) in [5.41, 5.74) is 1.71. The summed E-state index contributed by atoms with van der Waals surface area (Å²) in [6.07, 6.45) is 0. The number of anilines is 1. The maximum Gasteiger partial charge on any atom is 0.323 e. The summed E-state index contributed by atoms with van der Waals surface area (Å²) in [5.74, 6) is 2.91. The minimum Gasteiger partial charge on any atom is -0.497 e. The van der Waals surface area contributed by atoms with Crippen LogP contribution in [0.1, 0.15) is 10.9 Å². The average Bonchev–Trinajstić information content (AvgIpc) is 3.17. The van der Waals surface area contributed by atoms with Crippen molar-refractivity contribution in [1.29, 1.82) is 0 Å². The zero-order valence-corrected chi connectivity index (χ0v) is 15.8. The lowest BCUT2D eigenvalue weighted by atomic mass is 10.2. The van der Waals surface area contributed by atoms with E-state index in [9.17, 15) is 4.79 Å². The molecule has 0 radical (unpaired) electrons. The molecule has 1 N–H and O–H groups in total. The smallest absolute Gasteiger partial charge is 0.323 e.